The van der Waals surface area contributed by atoms with Crippen molar-refractivity contribution in [2.75, 3.05) is 16.8 Å². The summed E-state index contributed by atoms with van der Waals surface area (Å²) in [5.41, 5.74) is 2.62. The van der Waals surface area contributed by atoms with Crippen LogP contribution in [-0.2, 0) is 19.9 Å². The Morgan fingerprint density at radius 2 is 1.84 bits per heavy atom. The van der Waals surface area contributed by atoms with Crippen LogP contribution in [-0.4, -0.2) is 35.2 Å². The average Bonchev–Trinajstić information content (AvgIpc) is 3.43. The van der Waals surface area contributed by atoms with Gasteiger partial charge in [0, 0.05) is 22.3 Å². The number of imide groups is 1. The normalized spacial score (nSPS) is 30.8. The summed E-state index contributed by atoms with van der Waals surface area (Å²) in [6.07, 6.45) is 1.65. The summed E-state index contributed by atoms with van der Waals surface area (Å²) in [4.78, 5) is 44.7. The lowest BCUT2D eigenvalue weighted by atomic mass is 9.75. The van der Waals surface area contributed by atoms with E-state index >= 15 is 0 Å². The minimum absolute atomic E-state index is 0.170. The van der Waals surface area contributed by atoms with Gasteiger partial charge in [0.1, 0.15) is 5.54 Å². The number of hydrogen-bond donors (Lipinski definition) is 1. The van der Waals surface area contributed by atoms with Gasteiger partial charge in [-0.1, -0.05) is 40.9 Å². The number of carbonyl (C=O) groups excluding carboxylic acids is 3. The Bertz CT molecular complexity index is 1250. The highest BCUT2D eigenvalue weighted by molar-refractivity contribution is 6.38. The Kier molecular flexibility index (Phi) is 4.15. The van der Waals surface area contributed by atoms with E-state index in [0.29, 0.717) is 11.6 Å². The molecule has 4 heterocycles. The first kappa shape index (κ1) is 20.2. The summed E-state index contributed by atoms with van der Waals surface area (Å²) >= 11 is 12.5. The van der Waals surface area contributed by atoms with Crippen LogP contribution in [0.4, 0.5) is 11.4 Å². The smallest absolute Gasteiger partial charge is 0.250 e. The topological polar surface area (TPSA) is 69.7 Å². The zero-order chi connectivity index (χ0) is 22.5. The predicted molar refractivity (Wildman–Crippen MR) is 122 cm³/mol. The van der Waals surface area contributed by atoms with E-state index in [9.17, 15) is 14.4 Å². The molecule has 1 spiro atoms. The molecule has 6 rings (SSSR count). The molecule has 2 aromatic rings. The largest absolute Gasteiger partial charge is 0.324 e. The van der Waals surface area contributed by atoms with Gasteiger partial charge in [0.2, 0.25) is 17.7 Å². The number of amides is 3. The van der Waals surface area contributed by atoms with E-state index in [-0.39, 0.29) is 34.5 Å². The quantitative estimate of drug-likeness (QED) is 0.639. The van der Waals surface area contributed by atoms with Crippen LogP contribution >= 0.6 is 23.2 Å². The Hall–Kier alpha value is -2.41. The highest BCUT2D eigenvalue weighted by atomic mass is 35.5. The van der Waals surface area contributed by atoms with Gasteiger partial charge in [-0.25, -0.2) is 4.90 Å². The Morgan fingerprint density at radius 1 is 1.06 bits per heavy atom. The van der Waals surface area contributed by atoms with Crippen LogP contribution in [0.5, 0.6) is 0 Å². The molecule has 4 unspecified atom stereocenters. The van der Waals surface area contributed by atoms with Crippen molar-refractivity contribution in [1.29, 1.82) is 0 Å². The molecule has 3 saturated heterocycles. The van der Waals surface area contributed by atoms with Crippen LogP contribution in [0.25, 0.3) is 0 Å². The maximum atomic E-state index is 14.0. The second-order valence-corrected chi connectivity index (χ2v) is 10.1. The number of anilines is 2. The standard InChI is InChI=1S/C24H21Cl2N3O3/c1-11-8-12(2)20-14(9-11)24(23(32)27-20)19-18(16-4-3-7-28(16)24)21(30)29(22(19)31)17-10-13(25)5-6-15(17)26/h5-6,8-10,16,18-19H,3-4,7H2,1-2H3,(H,27,32). The molecule has 4 aliphatic heterocycles. The third-order valence-corrected chi connectivity index (χ3v) is 8.15. The summed E-state index contributed by atoms with van der Waals surface area (Å²) in [5.74, 6) is -2.32. The molecule has 0 radical (unpaired) electrons. The number of nitrogens with one attached hydrogen (secondary N) is 1. The average molecular weight is 470 g/mol. The molecule has 0 saturated carbocycles. The Morgan fingerprint density at radius 3 is 2.62 bits per heavy atom. The van der Waals surface area contributed by atoms with Crippen molar-refractivity contribution in [3.63, 3.8) is 0 Å². The lowest BCUT2D eigenvalue weighted by molar-refractivity contribution is -0.135. The molecule has 32 heavy (non-hydrogen) atoms. The summed E-state index contributed by atoms with van der Waals surface area (Å²) in [5, 5.41) is 3.71. The molecule has 3 fully saturated rings. The van der Waals surface area contributed by atoms with Gasteiger partial charge in [0.15, 0.2) is 0 Å². The molecule has 3 amide bonds. The van der Waals surface area contributed by atoms with E-state index < -0.39 is 17.4 Å². The monoisotopic (exact) mass is 469 g/mol. The molecule has 6 nitrogen and oxygen atoms in total. The molecule has 8 heteroatoms. The minimum Gasteiger partial charge on any atom is -0.324 e. The highest BCUT2D eigenvalue weighted by Crippen LogP contribution is 2.61. The van der Waals surface area contributed by atoms with Gasteiger partial charge in [-0.2, -0.15) is 0 Å². The second-order valence-electron chi connectivity index (χ2n) is 9.24. The van der Waals surface area contributed by atoms with Crippen LogP contribution < -0.4 is 10.2 Å². The summed E-state index contributed by atoms with van der Waals surface area (Å²) in [6.45, 7) is 4.62. The number of nitrogens with zero attached hydrogens (tertiary/aromatic N) is 2. The first-order valence-electron chi connectivity index (χ1n) is 10.8. The maximum absolute atomic E-state index is 14.0. The molecule has 4 atom stereocenters. The van der Waals surface area contributed by atoms with Crippen molar-refractivity contribution in [1.82, 2.24) is 4.90 Å². The van der Waals surface area contributed by atoms with E-state index in [1.807, 2.05) is 26.0 Å². The SMILES string of the molecule is Cc1cc(C)c2c(c1)C1(C(=O)N2)C2C(=O)N(c3cc(Cl)ccc3Cl)C(=O)C2C2CCCN21. The van der Waals surface area contributed by atoms with E-state index in [1.165, 1.54) is 6.07 Å². The zero-order valence-electron chi connectivity index (χ0n) is 17.6. The Balaban J connectivity index is 1.59. The lowest BCUT2D eigenvalue weighted by Crippen LogP contribution is -2.54. The lowest BCUT2D eigenvalue weighted by Gasteiger charge is -2.37. The second kappa shape index (κ2) is 6.56. The van der Waals surface area contributed by atoms with Crippen LogP contribution in [0, 0.1) is 25.7 Å². The van der Waals surface area contributed by atoms with E-state index in [4.69, 9.17) is 23.2 Å². The summed E-state index contributed by atoms with van der Waals surface area (Å²) < 4.78 is 0. The van der Waals surface area contributed by atoms with Crippen LogP contribution in [0.3, 0.4) is 0 Å². The number of benzene rings is 2. The van der Waals surface area contributed by atoms with Crippen molar-refractivity contribution in [2.24, 2.45) is 11.8 Å². The summed E-state index contributed by atoms with van der Waals surface area (Å²) in [6, 6.07) is 8.58. The van der Waals surface area contributed by atoms with Crippen LogP contribution in [0.15, 0.2) is 30.3 Å². The van der Waals surface area contributed by atoms with Gasteiger partial charge in [0.25, 0.3) is 0 Å². The van der Waals surface area contributed by atoms with Gasteiger partial charge in [-0.05, 0) is 57.0 Å². The van der Waals surface area contributed by atoms with Crippen molar-refractivity contribution in [3.8, 4) is 0 Å². The van der Waals surface area contributed by atoms with Crippen LogP contribution in [0.2, 0.25) is 10.0 Å². The fourth-order valence-electron chi connectivity index (χ4n) is 6.55. The molecule has 0 bridgehead atoms. The number of fused-ring (bicyclic) bond motifs is 7. The van der Waals surface area contributed by atoms with Gasteiger partial charge >= 0.3 is 0 Å². The van der Waals surface area contributed by atoms with Gasteiger partial charge < -0.3 is 5.32 Å². The molecule has 0 aliphatic carbocycles. The molecule has 0 aromatic heterocycles. The fraction of sp³-hybridized carbons (Fsp3) is 0.375. The molecule has 1 N–H and O–H groups in total. The third kappa shape index (κ3) is 2.28. The maximum Gasteiger partial charge on any atom is 0.250 e. The van der Waals surface area contributed by atoms with Gasteiger partial charge in [-0.3, -0.25) is 19.3 Å². The zero-order valence-corrected chi connectivity index (χ0v) is 19.1. The first-order valence-corrected chi connectivity index (χ1v) is 11.5. The number of carbonyl (C=O) groups is 3. The van der Waals surface area contributed by atoms with E-state index in [2.05, 4.69) is 10.2 Å². The van der Waals surface area contributed by atoms with E-state index in [0.717, 1.165) is 40.1 Å². The number of hydrogen-bond acceptors (Lipinski definition) is 4. The highest BCUT2D eigenvalue weighted by Gasteiger charge is 2.74. The molecule has 4 aliphatic rings. The molecule has 164 valence electrons. The number of rotatable bonds is 1. The van der Waals surface area contributed by atoms with Gasteiger partial charge in [-0.15, -0.1) is 0 Å². The molecular weight excluding hydrogens is 449 g/mol. The van der Waals surface area contributed by atoms with Crippen LogP contribution in [0.1, 0.15) is 29.5 Å². The van der Waals surface area contributed by atoms with E-state index in [1.54, 1.807) is 12.1 Å². The predicted octanol–water partition coefficient (Wildman–Crippen LogP) is 4.04. The van der Waals surface area contributed by atoms with Crippen molar-refractivity contribution < 1.29 is 14.4 Å². The van der Waals surface area contributed by atoms with Crippen molar-refractivity contribution >= 4 is 52.3 Å². The molecule has 2 aromatic carbocycles. The third-order valence-electron chi connectivity index (χ3n) is 7.59. The minimum atomic E-state index is -1.19. The van der Waals surface area contributed by atoms with Gasteiger partial charge in [0.05, 0.1) is 22.5 Å². The fourth-order valence-corrected chi connectivity index (χ4v) is 6.92. The Labute approximate surface area is 195 Å². The molecular formula is C24H21Cl2N3O3. The first-order chi connectivity index (χ1) is 15.3. The van der Waals surface area contributed by atoms with Crippen molar-refractivity contribution in [2.45, 2.75) is 38.3 Å². The number of halogens is 2. The van der Waals surface area contributed by atoms with Crippen molar-refractivity contribution in [3.05, 3.63) is 57.1 Å². The number of aryl methyl sites for hydroxylation is 2. The summed E-state index contributed by atoms with van der Waals surface area (Å²) in [7, 11) is 0.